The van der Waals surface area contributed by atoms with Crippen LogP contribution in [0.2, 0.25) is 0 Å². The number of likely N-dealkylation sites (tertiary alicyclic amines) is 1. The van der Waals surface area contributed by atoms with Gasteiger partial charge < -0.3 is 14.7 Å². The third kappa shape index (κ3) is 2.86. The molecule has 18 heavy (non-hydrogen) atoms. The summed E-state index contributed by atoms with van der Waals surface area (Å²) < 4.78 is 5.51. The van der Waals surface area contributed by atoms with Gasteiger partial charge in [-0.2, -0.15) is 0 Å². The van der Waals surface area contributed by atoms with E-state index in [2.05, 4.69) is 0 Å². The Morgan fingerprint density at radius 1 is 1.44 bits per heavy atom. The van der Waals surface area contributed by atoms with E-state index in [1.165, 1.54) is 6.42 Å². The molecule has 4 heteroatoms. The van der Waals surface area contributed by atoms with Crippen LogP contribution >= 0.6 is 0 Å². The van der Waals surface area contributed by atoms with Gasteiger partial charge in [-0.05, 0) is 44.9 Å². The molecule has 0 aromatic carbocycles. The minimum atomic E-state index is -0.251. The van der Waals surface area contributed by atoms with Crippen LogP contribution in [0.4, 0.5) is 0 Å². The molecule has 0 aromatic rings. The van der Waals surface area contributed by atoms with E-state index < -0.39 is 0 Å². The summed E-state index contributed by atoms with van der Waals surface area (Å²) in [4.78, 5) is 14.2. The van der Waals surface area contributed by atoms with Crippen LogP contribution in [0.1, 0.15) is 45.4 Å². The quantitative estimate of drug-likeness (QED) is 0.829. The molecular weight excluding hydrogens is 230 g/mol. The number of ether oxygens (including phenoxy) is 1. The lowest BCUT2D eigenvalue weighted by atomic mass is 9.77. The molecule has 0 bridgehead atoms. The molecule has 1 aliphatic heterocycles. The van der Waals surface area contributed by atoms with E-state index in [-0.39, 0.29) is 17.6 Å². The molecule has 1 heterocycles. The normalized spacial score (nSPS) is 25.6. The molecule has 1 aliphatic carbocycles. The number of amides is 1. The second-order valence-corrected chi connectivity index (χ2v) is 5.88. The predicted molar refractivity (Wildman–Crippen MR) is 69.2 cm³/mol. The van der Waals surface area contributed by atoms with E-state index in [0.29, 0.717) is 12.3 Å². The third-order valence-electron chi connectivity index (χ3n) is 4.75. The minimum absolute atomic E-state index is 0.168. The van der Waals surface area contributed by atoms with Crippen molar-refractivity contribution in [1.29, 1.82) is 0 Å². The number of hydrogen-bond donors (Lipinski definition) is 1. The number of aliphatic hydroxyl groups is 1. The number of hydrogen-bond acceptors (Lipinski definition) is 3. The fraction of sp³-hybridized carbons (Fsp3) is 0.929. The molecule has 2 rings (SSSR count). The van der Waals surface area contributed by atoms with Crippen molar-refractivity contribution < 1.29 is 14.6 Å². The van der Waals surface area contributed by atoms with Gasteiger partial charge >= 0.3 is 0 Å². The van der Waals surface area contributed by atoms with Crippen molar-refractivity contribution >= 4 is 5.91 Å². The summed E-state index contributed by atoms with van der Waals surface area (Å²) in [6, 6.07) is 0. The highest BCUT2D eigenvalue weighted by Gasteiger charge is 2.40. The Morgan fingerprint density at radius 2 is 2.06 bits per heavy atom. The van der Waals surface area contributed by atoms with Crippen molar-refractivity contribution in [2.24, 2.45) is 5.92 Å². The molecule has 0 aromatic heterocycles. The number of piperidine rings is 1. The van der Waals surface area contributed by atoms with Gasteiger partial charge in [0.1, 0.15) is 0 Å². The zero-order valence-electron chi connectivity index (χ0n) is 11.5. The molecule has 1 saturated heterocycles. The van der Waals surface area contributed by atoms with Gasteiger partial charge in [0.25, 0.3) is 0 Å². The average molecular weight is 255 g/mol. The lowest BCUT2D eigenvalue weighted by molar-refractivity contribution is -0.145. The number of nitrogens with zero attached hydrogens (tertiary/aromatic N) is 1. The Morgan fingerprint density at radius 3 is 2.44 bits per heavy atom. The fourth-order valence-electron chi connectivity index (χ4n) is 3.04. The number of aliphatic hydroxyl groups excluding tert-OH is 1. The summed E-state index contributed by atoms with van der Waals surface area (Å²) >= 11 is 0. The maximum atomic E-state index is 12.2. The summed E-state index contributed by atoms with van der Waals surface area (Å²) in [5, 5.41) is 9.55. The number of carbonyl (C=O) groups excluding carboxylic acids is 1. The van der Waals surface area contributed by atoms with Gasteiger partial charge in [0, 0.05) is 20.2 Å². The smallest absolute Gasteiger partial charge is 0.225 e. The van der Waals surface area contributed by atoms with Gasteiger partial charge in [-0.25, -0.2) is 0 Å². The number of rotatable bonds is 4. The molecule has 4 nitrogen and oxygen atoms in total. The van der Waals surface area contributed by atoms with Crippen LogP contribution in [0.5, 0.6) is 0 Å². The number of methoxy groups -OCH3 is 1. The summed E-state index contributed by atoms with van der Waals surface area (Å²) in [5.41, 5.74) is -0.168. The van der Waals surface area contributed by atoms with Crippen LogP contribution < -0.4 is 0 Å². The van der Waals surface area contributed by atoms with Crippen molar-refractivity contribution in [2.45, 2.75) is 57.2 Å². The van der Waals surface area contributed by atoms with Gasteiger partial charge in [-0.1, -0.05) is 0 Å². The minimum Gasteiger partial charge on any atom is -0.393 e. The Hall–Kier alpha value is -0.610. The standard InChI is InChI=1S/C14H25NO3/c1-11(16)12-4-8-15(9-5-12)13(17)10-14(18-2)6-3-7-14/h11-12,16H,3-10H2,1-2H3. The van der Waals surface area contributed by atoms with Crippen molar-refractivity contribution in [3.05, 3.63) is 0 Å². The lowest BCUT2D eigenvalue weighted by Crippen LogP contribution is -2.47. The van der Waals surface area contributed by atoms with Crippen molar-refractivity contribution in [3.8, 4) is 0 Å². The first kappa shape index (κ1) is 13.8. The molecule has 104 valence electrons. The molecule has 2 aliphatic rings. The van der Waals surface area contributed by atoms with Crippen molar-refractivity contribution in [3.63, 3.8) is 0 Å². The zero-order chi connectivity index (χ0) is 13.2. The van der Waals surface area contributed by atoms with Gasteiger partial charge in [0.15, 0.2) is 0 Å². The van der Waals surface area contributed by atoms with Crippen molar-refractivity contribution in [1.82, 2.24) is 4.90 Å². The summed E-state index contributed by atoms with van der Waals surface area (Å²) in [6.45, 7) is 3.42. The maximum Gasteiger partial charge on any atom is 0.225 e. The summed E-state index contributed by atoms with van der Waals surface area (Å²) in [6.07, 6.45) is 5.32. The van der Waals surface area contributed by atoms with E-state index >= 15 is 0 Å². The molecular formula is C14H25NO3. The van der Waals surface area contributed by atoms with Crippen LogP contribution in [0.25, 0.3) is 0 Å². The Labute approximate surface area is 109 Å². The molecule has 0 radical (unpaired) electrons. The van der Waals surface area contributed by atoms with Gasteiger partial charge in [-0.3, -0.25) is 4.79 Å². The predicted octanol–water partition coefficient (Wildman–Crippen LogP) is 1.56. The summed E-state index contributed by atoms with van der Waals surface area (Å²) in [5.74, 6) is 0.578. The highest BCUT2D eigenvalue weighted by Crippen LogP contribution is 2.38. The van der Waals surface area contributed by atoms with E-state index in [9.17, 15) is 9.90 Å². The third-order valence-corrected chi connectivity index (χ3v) is 4.75. The topological polar surface area (TPSA) is 49.8 Å². The first-order valence-electron chi connectivity index (χ1n) is 7.07. The number of carbonyl (C=O) groups is 1. The Bertz CT molecular complexity index is 286. The van der Waals surface area contributed by atoms with Crippen LogP contribution in [0, 0.1) is 5.92 Å². The molecule has 2 fully saturated rings. The SMILES string of the molecule is COC1(CC(=O)N2CCC(C(C)O)CC2)CCC1. The van der Waals surface area contributed by atoms with Gasteiger partial charge in [0.05, 0.1) is 18.1 Å². The van der Waals surface area contributed by atoms with E-state index in [0.717, 1.165) is 38.8 Å². The first-order valence-corrected chi connectivity index (χ1v) is 7.07. The van der Waals surface area contributed by atoms with Crippen LogP contribution in [-0.2, 0) is 9.53 Å². The molecule has 1 saturated carbocycles. The molecule has 1 amide bonds. The molecule has 0 spiro atoms. The highest BCUT2D eigenvalue weighted by molar-refractivity contribution is 5.77. The zero-order valence-corrected chi connectivity index (χ0v) is 11.5. The van der Waals surface area contributed by atoms with Crippen molar-refractivity contribution in [2.75, 3.05) is 20.2 Å². The molecule has 1 N–H and O–H groups in total. The van der Waals surface area contributed by atoms with Crippen LogP contribution in [-0.4, -0.2) is 47.8 Å². The van der Waals surface area contributed by atoms with Gasteiger partial charge in [-0.15, -0.1) is 0 Å². The Balaban J connectivity index is 1.80. The van der Waals surface area contributed by atoms with Crippen LogP contribution in [0.15, 0.2) is 0 Å². The van der Waals surface area contributed by atoms with E-state index in [4.69, 9.17) is 4.74 Å². The van der Waals surface area contributed by atoms with E-state index in [1.807, 2.05) is 11.8 Å². The average Bonchev–Trinajstić information content (AvgIpc) is 2.33. The highest BCUT2D eigenvalue weighted by atomic mass is 16.5. The van der Waals surface area contributed by atoms with Gasteiger partial charge in [0.2, 0.25) is 5.91 Å². The van der Waals surface area contributed by atoms with Crippen LogP contribution in [0.3, 0.4) is 0 Å². The molecule has 1 unspecified atom stereocenters. The summed E-state index contributed by atoms with van der Waals surface area (Å²) in [7, 11) is 1.71. The van der Waals surface area contributed by atoms with E-state index in [1.54, 1.807) is 7.11 Å². The molecule has 1 atom stereocenters. The Kier molecular flexibility index (Phi) is 4.28. The monoisotopic (exact) mass is 255 g/mol. The second kappa shape index (κ2) is 5.57. The lowest BCUT2D eigenvalue weighted by Gasteiger charge is -2.42. The largest absolute Gasteiger partial charge is 0.393 e. The second-order valence-electron chi connectivity index (χ2n) is 5.88. The maximum absolute atomic E-state index is 12.2. The first-order chi connectivity index (χ1) is 8.56. The fourth-order valence-corrected chi connectivity index (χ4v) is 3.04.